The fourth-order valence-electron chi connectivity index (χ4n) is 1.54. The number of nitrogens with zero attached hydrogens (tertiary/aromatic N) is 2. The summed E-state index contributed by atoms with van der Waals surface area (Å²) < 4.78 is 5.54. The first-order chi connectivity index (χ1) is 9.47. The van der Waals surface area contributed by atoms with Gasteiger partial charge >= 0.3 is 0 Å². The average Bonchev–Trinajstić information content (AvgIpc) is 2.42. The topological polar surface area (TPSA) is 68.5 Å². The summed E-state index contributed by atoms with van der Waals surface area (Å²) in [6, 6.07) is 8.21. The van der Waals surface area contributed by atoms with E-state index in [1.165, 1.54) is 11.1 Å². The summed E-state index contributed by atoms with van der Waals surface area (Å²) in [5.41, 5.74) is 6.65. The minimum atomic E-state index is -0.116. The Balaban J connectivity index is 2.17. The largest absolute Gasteiger partial charge is 0.437 e. The molecule has 5 nitrogen and oxygen atoms in total. The number of hydrogen-bond acceptors (Lipinski definition) is 4. The number of nitrogen functional groups attached to an aromatic ring is 1. The number of rotatable bonds is 3. The minimum absolute atomic E-state index is 0.116. The molecule has 0 saturated carbocycles. The molecule has 0 spiro atoms. The summed E-state index contributed by atoms with van der Waals surface area (Å²) in [6.07, 6.45) is 1.46. The molecule has 1 aromatic heterocycles. The standard InChI is InChI=1S/C14H14ClN3O2/c1-18(2)14(19)9-3-6-13(17-8-9)20-12-5-4-10(16)7-11(12)15/h3-8H,16H2,1-2H3. The highest BCUT2D eigenvalue weighted by molar-refractivity contribution is 6.32. The number of hydrogen-bond donors (Lipinski definition) is 1. The van der Waals surface area contributed by atoms with Crippen molar-refractivity contribution in [3.8, 4) is 11.6 Å². The van der Waals surface area contributed by atoms with E-state index in [0.717, 1.165) is 0 Å². The first kappa shape index (κ1) is 14.1. The van der Waals surface area contributed by atoms with Gasteiger partial charge in [0, 0.05) is 32.0 Å². The molecule has 6 heteroatoms. The smallest absolute Gasteiger partial charge is 0.254 e. The second-order valence-electron chi connectivity index (χ2n) is 4.38. The lowest BCUT2D eigenvalue weighted by Crippen LogP contribution is -2.21. The molecule has 0 aliphatic heterocycles. The van der Waals surface area contributed by atoms with Crippen molar-refractivity contribution in [2.45, 2.75) is 0 Å². The molecule has 0 aliphatic carbocycles. The van der Waals surface area contributed by atoms with E-state index in [1.807, 2.05) is 0 Å². The molecule has 1 aromatic carbocycles. The van der Waals surface area contributed by atoms with Crippen LogP contribution in [0.2, 0.25) is 5.02 Å². The van der Waals surface area contributed by atoms with Crippen LogP contribution >= 0.6 is 11.6 Å². The van der Waals surface area contributed by atoms with Crippen molar-refractivity contribution in [1.29, 1.82) is 0 Å². The van der Waals surface area contributed by atoms with Crippen LogP contribution in [0.15, 0.2) is 36.5 Å². The Kier molecular flexibility index (Phi) is 4.10. The number of halogens is 1. The van der Waals surface area contributed by atoms with Gasteiger partial charge in [-0.3, -0.25) is 4.79 Å². The quantitative estimate of drug-likeness (QED) is 0.883. The van der Waals surface area contributed by atoms with E-state index in [1.54, 1.807) is 44.4 Å². The van der Waals surface area contributed by atoms with Gasteiger partial charge in [0.25, 0.3) is 5.91 Å². The predicted molar refractivity (Wildman–Crippen MR) is 78.2 cm³/mol. The molecular weight excluding hydrogens is 278 g/mol. The Bertz CT molecular complexity index is 627. The van der Waals surface area contributed by atoms with E-state index >= 15 is 0 Å². The molecule has 1 amide bonds. The third-order valence-electron chi connectivity index (χ3n) is 2.56. The number of ether oxygens (including phenoxy) is 1. The van der Waals surface area contributed by atoms with Crippen LogP contribution in [0.1, 0.15) is 10.4 Å². The van der Waals surface area contributed by atoms with E-state index in [2.05, 4.69) is 4.98 Å². The Hall–Kier alpha value is -2.27. The van der Waals surface area contributed by atoms with Crippen LogP contribution in [0.3, 0.4) is 0 Å². The Labute approximate surface area is 121 Å². The van der Waals surface area contributed by atoms with Gasteiger partial charge in [-0.05, 0) is 24.3 Å². The Morgan fingerprint density at radius 1 is 1.30 bits per heavy atom. The first-order valence-electron chi connectivity index (χ1n) is 5.88. The van der Waals surface area contributed by atoms with E-state index in [0.29, 0.717) is 27.9 Å². The molecule has 0 saturated heterocycles. The van der Waals surface area contributed by atoms with Gasteiger partial charge in [-0.2, -0.15) is 0 Å². The summed E-state index contributed by atoms with van der Waals surface area (Å²) in [5, 5.41) is 0.403. The van der Waals surface area contributed by atoms with Crippen molar-refractivity contribution < 1.29 is 9.53 Å². The molecule has 2 rings (SSSR count). The van der Waals surface area contributed by atoms with Gasteiger partial charge in [-0.1, -0.05) is 11.6 Å². The minimum Gasteiger partial charge on any atom is -0.437 e. The summed E-state index contributed by atoms with van der Waals surface area (Å²) in [4.78, 5) is 17.3. The van der Waals surface area contributed by atoms with Crippen molar-refractivity contribution in [2.75, 3.05) is 19.8 Å². The van der Waals surface area contributed by atoms with E-state index < -0.39 is 0 Å². The molecule has 0 bridgehead atoms. The van der Waals surface area contributed by atoms with Gasteiger partial charge in [-0.25, -0.2) is 4.98 Å². The maximum Gasteiger partial charge on any atom is 0.254 e. The molecule has 0 radical (unpaired) electrons. The van der Waals surface area contributed by atoms with Gasteiger partial charge in [-0.15, -0.1) is 0 Å². The zero-order valence-corrected chi connectivity index (χ0v) is 11.9. The fourth-order valence-corrected chi connectivity index (χ4v) is 1.77. The molecule has 0 atom stereocenters. The number of anilines is 1. The van der Waals surface area contributed by atoms with Crippen LogP contribution in [-0.2, 0) is 0 Å². The third kappa shape index (κ3) is 3.19. The Morgan fingerprint density at radius 2 is 2.05 bits per heavy atom. The van der Waals surface area contributed by atoms with Crippen LogP contribution in [0, 0.1) is 0 Å². The van der Waals surface area contributed by atoms with Crippen molar-refractivity contribution in [3.05, 3.63) is 47.1 Å². The average molecular weight is 292 g/mol. The number of amides is 1. The zero-order valence-electron chi connectivity index (χ0n) is 11.1. The second kappa shape index (κ2) is 5.79. The van der Waals surface area contributed by atoms with E-state index in [4.69, 9.17) is 22.1 Å². The maximum atomic E-state index is 11.7. The molecule has 1 heterocycles. The molecular formula is C14H14ClN3O2. The highest BCUT2D eigenvalue weighted by Crippen LogP contribution is 2.29. The van der Waals surface area contributed by atoms with Gasteiger partial charge in [0.1, 0.15) is 5.75 Å². The summed E-state index contributed by atoms with van der Waals surface area (Å²) in [5.74, 6) is 0.696. The number of carbonyl (C=O) groups is 1. The van der Waals surface area contributed by atoms with Crippen LogP contribution in [0.25, 0.3) is 0 Å². The lowest BCUT2D eigenvalue weighted by Gasteiger charge is -2.11. The molecule has 2 aromatic rings. The van der Waals surface area contributed by atoms with Crippen molar-refractivity contribution in [3.63, 3.8) is 0 Å². The highest BCUT2D eigenvalue weighted by Gasteiger charge is 2.09. The highest BCUT2D eigenvalue weighted by atomic mass is 35.5. The third-order valence-corrected chi connectivity index (χ3v) is 2.86. The number of benzene rings is 1. The molecule has 0 fully saturated rings. The van der Waals surface area contributed by atoms with Gasteiger partial charge < -0.3 is 15.4 Å². The predicted octanol–water partition coefficient (Wildman–Crippen LogP) is 2.81. The van der Waals surface area contributed by atoms with Gasteiger partial charge in [0.2, 0.25) is 5.88 Å². The van der Waals surface area contributed by atoms with Crippen LogP contribution in [-0.4, -0.2) is 29.9 Å². The molecule has 20 heavy (non-hydrogen) atoms. The lowest BCUT2D eigenvalue weighted by molar-refractivity contribution is 0.0827. The second-order valence-corrected chi connectivity index (χ2v) is 4.78. The normalized spacial score (nSPS) is 10.2. The van der Waals surface area contributed by atoms with Crippen molar-refractivity contribution in [2.24, 2.45) is 0 Å². The summed E-state index contributed by atoms with van der Waals surface area (Å²) >= 11 is 6.01. The number of nitrogens with two attached hydrogens (primary N) is 1. The lowest BCUT2D eigenvalue weighted by atomic mass is 10.2. The molecule has 0 unspecified atom stereocenters. The summed E-state index contributed by atoms with van der Waals surface area (Å²) in [6.45, 7) is 0. The Morgan fingerprint density at radius 3 is 2.60 bits per heavy atom. The van der Waals surface area contributed by atoms with Gasteiger partial charge in [0.15, 0.2) is 0 Å². The summed E-state index contributed by atoms with van der Waals surface area (Å²) in [7, 11) is 3.36. The van der Waals surface area contributed by atoms with Crippen molar-refractivity contribution in [1.82, 2.24) is 9.88 Å². The van der Waals surface area contributed by atoms with Crippen LogP contribution in [0.5, 0.6) is 11.6 Å². The van der Waals surface area contributed by atoms with E-state index in [9.17, 15) is 4.79 Å². The van der Waals surface area contributed by atoms with Crippen LogP contribution in [0.4, 0.5) is 5.69 Å². The first-order valence-corrected chi connectivity index (χ1v) is 6.26. The fraction of sp³-hybridized carbons (Fsp3) is 0.143. The number of pyridine rings is 1. The van der Waals surface area contributed by atoms with Gasteiger partial charge in [0.05, 0.1) is 10.6 Å². The molecule has 2 N–H and O–H groups in total. The maximum absolute atomic E-state index is 11.7. The van der Waals surface area contributed by atoms with Crippen molar-refractivity contribution >= 4 is 23.2 Å². The monoisotopic (exact) mass is 291 g/mol. The number of carbonyl (C=O) groups excluding carboxylic acids is 1. The zero-order chi connectivity index (χ0) is 14.7. The molecule has 0 aliphatic rings. The van der Waals surface area contributed by atoms with Crippen LogP contribution < -0.4 is 10.5 Å². The SMILES string of the molecule is CN(C)C(=O)c1ccc(Oc2ccc(N)cc2Cl)nc1. The number of aromatic nitrogens is 1. The van der Waals surface area contributed by atoms with E-state index in [-0.39, 0.29) is 5.91 Å². The molecule has 104 valence electrons.